The zero-order valence-electron chi connectivity index (χ0n) is 16.9. The third kappa shape index (κ3) is 4.50. The van der Waals surface area contributed by atoms with E-state index in [1.165, 1.54) is 4.31 Å². The molecule has 0 fully saturated rings. The minimum atomic E-state index is -3.52. The minimum Gasteiger partial charge on any atom is -0.349 e. The SMILES string of the molecule is CCCn1c(CCC(=O)N(C)C)nc2cc(S(=O)(=O)N(CC)CC)ccc21. The number of amides is 1. The highest BCUT2D eigenvalue weighted by atomic mass is 32.2. The largest absolute Gasteiger partial charge is 0.349 e. The summed E-state index contributed by atoms with van der Waals surface area (Å²) >= 11 is 0. The van der Waals surface area contributed by atoms with Gasteiger partial charge in [-0.1, -0.05) is 20.8 Å². The second-order valence-electron chi connectivity index (χ2n) is 6.71. The van der Waals surface area contributed by atoms with E-state index in [2.05, 4.69) is 16.5 Å². The number of fused-ring (bicyclic) bond motifs is 1. The van der Waals surface area contributed by atoms with Crippen LogP contribution in [0.3, 0.4) is 0 Å². The maximum absolute atomic E-state index is 12.8. The summed E-state index contributed by atoms with van der Waals surface area (Å²) in [7, 11) is -0.0466. The van der Waals surface area contributed by atoms with Crippen molar-refractivity contribution in [1.29, 1.82) is 0 Å². The molecule has 2 rings (SSSR count). The molecule has 0 spiro atoms. The molecular formula is C19H30N4O3S. The number of nitrogens with zero attached hydrogens (tertiary/aromatic N) is 4. The van der Waals surface area contributed by atoms with E-state index in [1.54, 1.807) is 31.1 Å². The van der Waals surface area contributed by atoms with Gasteiger partial charge in [0.25, 0.3) is 0 Å². The summed E-state index contributed by atoms with van der Waals surface area (Å²) in [4.78, 5) is 18.4. The van der Waals surface area contributed by atoms with Crippen LogP contribution in [0.25, 0.3) is 11.0 Å². The van der Waals surface area contributed by atoms with Gasteiger partial charge in [0.05, 0.1) is 15.9 Å². The van der Waals surface area contributed by atoms with Gasteiger partial charge in [-0.05, 0) is 24.6 Å². The quantitative estimate of drug-likeness (QED) is 0.655. The number of hydrogen-bond acceptors (Lipinski definition) is 4. The molecule has 7 nitrogen and oxygen atoms in total. The fourth-order valence-electron chi connectivity index (χ4n) is 3.14. The highest BCUT2D eigenvalue weighted by molar-refractivity contribution is 7.89. The van der Waals surface area contributed by atoms with Crippen molar-refractivity contribution >= 4 is 27.0 Å². The molecule has 0 aliphatic rings. The summed E-state index contributed by atoms with van der Waals surface area (Å²) in [5, 5.41) is 0. The Morgan fingerprint density at radius 1 is 1.15 bits per heavy atom. The topological polar surface area (TPSA) is 75.5 Å². The molecule has 1 heterocycles. The van der Waals surface area contributed by atoms with Crippen LogP contribution in [0.5, 0.6) is 0 Å². The molecule has 0 aliphatic carbocycles. The molecular weight excluding hydrogens is 364 g/mol. The van der Waals surface area contributed by atoms with Crippen LogP contribution in [-0.2, 0) is 27.8 Å². The summed E-state index contributed by atoms with van der Waals surface area (Å²) in [5.41, 5.74) is 1.56. The molecule has 0 saturated heterocycles. The number of benzene rings is 1. The van der Waals surface area contributed by atoms with Crippen LogP contribution in [0.2, 0.25) is 0 Å². The zero-order valence-corrected chi connectivity index (χ0v) is 17.7. The Hall–Kier alpha value is -1.93. The lowest BCUT2D eigenvalue weighted by Gasteiger charge is -2.18. The van der Waals surface area contributed by atoms with Gasteiger partial charge in [-0.3, -0.25) is 4.79 Å². The van der Waals surface area contributed by atoms with E-state index in [1.807, 2.05) is 19.9 Å². The van der Waals surface area contributed by atoms with Crippen LogP contribution in [0, 0.1) is 0 Å². The first-order valence-electron chi connectivity index (χ1n) is 9.45. The first-order chi connectivity index (χ1) is 12.8. The van der Waals surface area contributed by atoms with Crippen molar-refractivity contribution in [3.63, 3.8) is 0 Å². The molecule has 0 atom stereocenters. The van der Waals surface area contributed by atoms with Gasteiger partial charge in [-0.15, -0.1) is 0 Å². The Balaban J connectivity index is 2.45. The third-order valence-electron chi connectivity index (χ3n) is 4.65. The molecule has 0 bridgehead atoms. The smallest absolute Gasteiger partial charge is 0.243 e. The van der Waals surface area contributed by atoms with E-state index < -0.39 is 10.0 Å². The molecule has 0 aliphatic heterocycles. The lowest BCUT2D eigenvalue weighted by Crippen LogP contribution is -2.30. The maximum atomic E-state index is 12.8. The van der Waals surface area contributed by atoms with Crippen LogP contribution >= 0.6 is 0 Å². The first kappa shape index (κ1) is 21.4. The molecule has 1 amide bonds. The standard InChI is InChI=1S/C19H30N4O3S/c1-6-13-23-17-10-9-15(27(25,26)22(7-2)8-3)14-16(17)20-18(23)11-12-19(24)21(4)5/h9-10,14H,6-8,11-13H2,1-5H3. The van der Waals surface area contributed by atoms with Crippen molar-refractivity contribution in [1.82, 2.24) is 18.8 Å². The van der Waals surface area contributed by atoms with Gasteiger partial charge < -0.3 is 9.47 Å². The highest BCUT2D eigenvalue weighted by Gasteiger charge is 2.23. The number of aryl methyl sites for hydroxylation is 2. The normalized spacial score (nSPS) is 12.1. The number of imidazole rings is 1. The Morgan fingerprint density at radius 2 is 1.81 bits per heavy atom. The van der Waals surface area contributed by atoms with Gasteiger partial charge in [0.2, 0.25) is 15.9 Å². The second kappa shape index (κ2) is 8.84. The maximum Gasteiger partial charge on any atom is 0.243 e. The third-order valence-corrected chi connectivity index (χ3v) is 6.70. The van der Waals surface area contributed by atoms with Gasteiger partial charge in [0, 0.05) is 46.6 Å². The molecule has 1 aromatic carbocycles. The predicted molar refractivity (Wildman–Crippen MR) is 107 cm³/mol. The van der Waals surface area contributed by atoms with E-state index >= 15 is 0 Å². The summed E-state index contributed by atoms with van der Waals surface area (Å²) in [6, 6.07) is 5.12. The van der Waals surface area contributed by atoms with E-state index in [-0.39, 0.29) is 10.8 Å². The fourth-order valence-corrected chi connectivity index (χ4v) is 4.62. The number of rotatable bonds is 9. The highest BCUT2D eigenvalue weighted by Crippen LogP contribution is 2.24. The molecule has 0 N–H and O–H groups in total. The van der Waals surface area contributed by atoms with Crippen molar-refractivity contribution in [2.24, 2.45) is 0 Å². The van der Waals surface area contributed by atoms with E-state index in [0.29, 0.717) is 31.4 Å². The molecule has 150 valence electrons. The summed E-state index contributed by atoms with van der Waals surface area (Å²) in [6.07, 6.45) is 1.84. The van der Waals surface area contributed by atoms with Crippen LogP contribution in [0.4, 0.5) is 0 Å². The molecule has 27 heavy (non-hydrogen) atoms. The van der Waals surface area contributed by atoms with Crippen molar-refractivity contribution < 1.29 is 13.2 Å². The summed E-state index contributed by atoms with van der Waals surface area (Å²) in [6.45, 7) is 7.38. The van der Waals surface area contributed by atoms with E-state index in [9.17, 15) is 13.2 Å². The van der Waals surface area contributed by atoms with Crippen LogP contribution < -0.4 is 0 Å². The summed E-state index contributed by atoms with van der Waals surface area (Å²) < 4.78 is 29.1. The van der Waals surface area contributed by atoms with Gasteiger partial charge in [0.15, 0.2) is 0 Å². The molecule has 0 radical (unpaired) electrons. The predicted octanol–water partition coefficient (Wildman–Crippen LogP) is 2.50. The Labute approximate surface area is 162 Å². The summed E-state index contributed by atoms with van der Waals surface area (Å²) in [5.74, 6) is 0.870. The number of sulfonamides is 1. The average molecular weight is 395 g/mol. The van der Waals surface area contributed by atoms with Crippen molar-refractivity contribution in [3.8, 4) is 0 Å². The monoisotopic (exact) mass is 394 g/mol. The molecule has 1 aromatic heterocycles. The molecule has 0 saturated carbocycles. The van der Waals surface area contributed by atoms with Crippen molar-refractivity contribution in [3.05, 3.63) is 24.0 Å². The minimum absolute atomic E-state index is 0.0508. The first-order valence-corrected chi connectivity index (χ1v) is 10.9. The zero-order chi connectivity index (χ0) is 20.2. The van der Waals surface area contributed by atoms with Gasteiger partial charge in [0.1, 0.15) is 5.82 Å². The molecule has 0 unspecified atom stereocenters. The van der Waals surface area contributed by atoms with E-state index in [4.69, 9.17) is 0 Å². The molecule has 8 heteroatoms. The Kier molecular flexibility index (Phi) is 7.00. The average Bonchev–Trinajstić information content (AvgIpc) is 2.97. The van der Waals surface area contributed by atoms with Crippen molar-refractivity contribution in [2.45, 2.75) is 51.5 Å². The number of carbonyl (C=O) groups is 1. The second-order valence-corrected chi connectivity index (χ2v) is 8.65. The van der Waals surface area contributed by atoms with Crippen LogP contribution in [-0.4, -0.2) is 60.3 Å². The number of hydrogen-bond donors (Lipinski definition) is 0. The lowest BCUT2D eigenvalue weighted by molar-refractivity contribution is -0.128. The van der Waals surface area contributed by atoms with Gasteiger partial charge in [-0.2, -0.15) is 4.31 Å². The lowest BCUT2D eigenvalue weighted by atomic mass is 10.2. The Bertz CT molecular complexity index is 899. The fraction of sp³-hybridized carbons (Fsp3) is 0.579. The van der Waals surface area contributed by atoms with Crippen LogP contribution in [0.1, 0.15) is 39.4 Å². The number of carbonyl (C=O) groups excluding carboxylic acids is 1. The van der Waals surface area contributed by atoms with Gasteiger partial charge in [-0.25, -0.2) is 13.4 Å². The number of aromatic nitrogens is 2. The van der Waals surface area contributed by atoms with E-state index in [0.717, 1.165) is 24.3 Å². The molecule has 2 aromatic rings. The Morgan fingerprint density at radius 3 is 2.37 bits per heavy atom. The van der Waals surface area contributed by atoms with Crippen LogP contribution in [0.15, 0.2) is 23.1 Å². The van der Waals surface area contributed by atoms with Gasteiger partial charge >= 0.3 is 0 Å². The van der Waals surface area contributed by atoms with Crippen molar-refractivity contribution in [2.75, 3.05) is 27.2 Å².